The Hall–Kier alpha value is -3.62. The van der Waals surface area contributed by atoms with Gasteiger partial charge in [-0.3, -0.25) is 18.5 Å². The molecule has 0 atom stereocenters. The van der Waals surface area contributed by atoms with Crippen molar-refractivity contribution in [3.8, 4) is 5.69 Å². The van der Waals surface area contributed by atoms with Gasteiger partial charge in [0.1, 0.15) is 5.82 Å². The Morgan fingerprint density at radius 2 is 1.54 bits per heavy atom. The van der Waals surface area contributed by atoms with Gasteiger partial charge in [0.05, 0.1) is 21.8 Å². The molecule has 0 aliphatic rings. The Kier molecular flexibility index (Phi) is 6.32. The van der Waals surface area contributed by atoms with E-state index in [1.165, 1.54) is 20.9 Å². The van der Waals surface area contributed by atoms with Crippen LogP contribution in [0.3, 0.4) is 0 Å². The number of thioether (sulfide) groups is 1. The Balaban J connectivity index is 1.45. The number of carbonyl (C=O) groups excluding carboxylic acids is 1. The Morgan fingerprint density at radius 3 is 2.23 bits per heavy atom. The maximum absolute atomic E-state index is 13.2. The number of nitrogens with zero attached hydrogens (tertiary/aromatic N) is 5. The Labute approximate surface area is 211 Å². The molecular formula is C26H22ClN5O2S. The highest BCUT2D eigenvalue weighted by molar-refractivity contribution is 7.99. The second-order valence-corrected chi connectivity index (χ2v) is 9.52. The van der Waals surface area contributed by atoms with E-state index in [1.54, 1.807) is 26.2 Å². The molecule has 0 fully saturated rings. The van der Waals surface area contributed by atoms with Crippen molar-refractivity contribution >= 4 is 40.2 Å². The van der Waals surface area contributed by atoms with Gasteiger partial charge in [-0.2, -0.15) is 0 Å². The maximum Gasteiger partial charge on any atom is 0.328 e. The number of carbonyl (C=O) groups is 1. The van der Waals surface area contributed by atoms with E-state index >= 15 is 0 Å². The average Bonchev–Trinajstić information content (AvgIpc) is 3.37. The summed E-state index contributed by atoms with van der Waals surface area (Å²) in [6.07, 6.45) is 0.613. The van der Waals surface area contributed by atoms with E-state index in [9.17, 15) is 9.59 Å². The minimum Gasteiger partial charge on any atom is -0.295 e. The Morgan fingerprint density at radius 1 is 0.914 bits per heavy atom. The molecule has 7 nitrogen and oxygen atoms in total. The third kappa shape index (κ3) is 4.42. The van der Waals surface area contributed by atoms with E-state index in [4.69, 9.17) is 11.6 Å². The van der Waals surface area contributed by atoms with Crippen molar-refractivity contribution in [3.05, 3.63) is 105 Å². The summed E-state index contributed by atoms with van der Waals surface area (Å²) in [6.45, 7) is 0. The van der Waals surface area contributed by atoms with Crippen molar-refractivity contribution in [2.24, 2.45) is 14.1 Å². The van der Waals surface area contributed by atoms with Crippen LogP contribution in [0.25, 0.3) is 16.7 Å². The Bertz CT molecular complexity index is 1590. The first-order valence-corrected chi connectivity index (χ1v) is 12.3. The first-order chi connectivity index (χ1) is 16.9. The number of rotatable bonds is 7. The summed E-state index contributed by atoms with van der Waals surface area (Å²) in [7, 11) is 3.36. The summed E-state index contributed by atoms with van der Waals surface area (Å²) in [6, 6.07) is 23.3. The van der Waals surface area contributed by atoms with Crippen molar-refractivity contribution in [1.29, 1.82) is 0 Å². The number of imidazole rings is 1. The number of Topliss-reactive ketones (excluding diaryl/α,β-unsaturated/α-hetero) is 1. The molecule has 0 N–H and O–H groups in total. The van der Waals surface area contributed by atoms with Gasteiger partial charge in [-0.15, -0.1) is 10.2 Å². The number of para-hydroxylation sites is 1. The lowest BCUT2D eigenvalue weighted by molar-refractivity contribution is 0.102. The van der Waals surface area contributed by atoms with Gasteiger partial charge in [0.25, 0.3) is 0 Å². The number of hydrogen-bond donors (Lipinski definition) is 0. The van der Waals surface area contributed by atoms with Crippen LogP contribution in [-0.2, 0) is 20.5 Å². The van der Waals surface area contributed by atoms with Crippen LogP contribution in [0.4, 0.5) is 0 Å². The number of halogens is 1. The highest BCUT2D eigenvalue weighted by atomic mass is 35.5. The zero-order chi connectivity index (χ0) is 24.5. The minimum absolute atomic E-state index is 0.127. The van der Waals surface area contributed by atoms with E-state index in [-0.39, 0.29) is 17.2 Å². The molecule has 0 radical (unpaired) electrons. The van der Waals surface area contributed by atoms with Crippen LogP contribution in [0.1, 0.15) is 21.7 Å². The molecule has 9 heteroatoms. The summed E-state index contributed by atoms with van der Waals surface area (Å²) >= 11 is 7.76. The lowest BCUT2D eigenvalue weighted by Gasteiger charge is -2.10. The normalized spacial score (nSPS) is 11.3. The van der Waals surface area contributed by atoms with E-state index in [1.807, 2.05) is 53.1 Å². The molecule has 0 aliphatic carbocycles. The molecule has 0 aliphatic heterocycles. The molecule has 5 rings (SSSR count). The average molecular weight is 504 g/mol. The second kappa shape index (κ2) is 9.56. The van der Waals surface area contributed by atoms with Gasteiger partial charge in [-0.05, 0) is 29.8 Å². The van der Waals surface area contributed by atoms with Crippen LogP contribution in [0.2, 0.25) is 5.02 Å². The summed E-state index contributed by atoms with van der Waals surface area (Å²) in [5, 5.41) is 9.78. The smallest absolute Gasteiger partial charge is 0.295 e. The maximum atomic E-state index is 13.2. The predicted octanol–water partition coefficient (Wildman–Crippen LogP) is 4.68. The van der Waals surface area contributed by atoms with E-state index < -0.39 is 0 Å². The number of fused-ring (bicyclic) bond motifs is 1. The molecule has 0 saturated carbocycles. The summed E-state index contributed by atoms with van der Waals surface area (Å²) in [4.78, 5) is 25.4. The molecule has 0 amide bonds. The van der Waals surface area contributed by atoms with Gasteiger partial charge in [0, 0.05) is 31.8 Å². The molecule has 2 heterocycles. The monoisotopic (exact) mass is 503 g/mol. The first-order valence-electron chi connectivity index (χ1n) is 11.0. The van der Waals surface area contributed by atoms with Crippen molar-refractivity contribution < 1.29 is 4.79 Å². The number of aromatic nitrogens is 5. The molecular weight excluding hydrogens is 482 g/mol. The number of hydrogen-bond acceptors (Lipinski definition) is 5. The van der Waals surface area contributed by atoms with Crippen LogP contribution in [0, 0.1) is 0 Å². The molecule has 2 aromatic heterocycles. The third-order valence-corrected chi connectivity index (χ3v) is 7.16. The quantitative estimate of drug-likeness (QED) is 0.238. The second-order valence-electron chi connectivity index (χ2n) is 8.17. The number of benzene rings is 3. The molecule has 0 bridgehead atoms. The van der Waals surface area contributed by atoms with Crippen LogP contribution in [0.5, 0.6) is 0 Å². The fourth-order valence-corrected chi connectivity index (χ4v) is 5.18. The van der Waals surface area contributed by atoms with Crippen molar-refractivity contribution in [1.82, 2.24) is 23.9 Å². The molecule has 0 unspecified atom stereocenters. The predicted molar refractivity (Wildman–Crippen MR) is 139 cm³/mol. The van der Waals surface area contributed by atoms with Crippen LogP contribution in [0.15, 0.2) is 82.7 Å². The van der Waals surface area contributed by atoms with Gasteiger partial charge < -0.3 is 0 Å². The van der Waals surface area contributed by atoms with E-state index in [2.05, 4.69) is 22.3 Å². The molecule has 0 saturated heterocycles. The highest BCUT2D eigenvalue weighted by Gasteiger charge is 2.20. The van der Waals surface area contributed by atoms with Gasteiger partial charge in [0.2, 0.25) is 0 Å². The molecule has 35 heavy (non-hydrogen) atoms. The zero-order valence-electron chi connectivity index (χ0n) is 19.2. The largest absolute Gasteiger partial charge is 0.328 e. The summed E-state index contributed by atoms with van der Waals surface area (Å²) in [5.41, 5.74) is 3.60. The van der Waals surface area contributed by atoms with E-state index in [0.29, 0.717) is 33.2 Å². The summed E-state index contributed by atoms with van der Waals surface area (Å²) < 4.78 is 5.01. The number of aryl methyl sites for hydroxylation is 2. The minimum atomic E-state index is -0.169. The standard InChI is InChI=1S/C26H22ClN5O2S/c1-30-21-14-19(20(27)15-22(21)31(2)26(30)34)23(33)16-35-25-29-28-24(13-17-9-5-3-6-10-17)32(25)18-11-7-4-8-12-18/h3-12,14-15H,13,16H2,1-2H3. The third-order valence-electron chi connectivity index (χ3n) is 5.91. The molecule has 5 aromatic rings. The topological polar surface area (TPSA) is 74.7 Å². The van der Waals surface area contributed by atoms with Crippen molar-refractivity contribution in [3.63, 3.8) is 0 Å². The SMILES string of the molecule is Cn1c(=O)n(C)c2cc(C(=O)CSc3nnc(Cc4ccccc4)n3-c3ccccc3)c(Cl)cc21. The fourth-order valence-electron chi connectivity index (χ4n) is 4.06. The zero-order valence-corrected chi connectivity index (χ0v) is 20.8. The van der Waals surface area contributed by atoms with Gasteiger partial charge in [-0.25, -0.2) is 4.79 Å². The van der Waals surface area contributed by atoms with E-state index in [0.717, 1.165) is 17.1 Å². The lowest BCUT2D eigenvalue weighted by atomic mass is 10.1. The van der Waals surface area contributed by atoms with Crippen LogP contribution < -0.4 is 5.69 Å². The van der Waals surface area contributed by atoms with Crippen LogP contribution in [-0.4, -0.2) is 35.4 Å². The van der Waals surface area contributed by atoms with Crippen LogP contribution >= 0.6 is 23.4 Å². The number of ketones is 1. The molecule has 3 aromatic carbocycles. The van der Waals surface area contributed by atoms with Gasteiger partial charge in [0.15, 0.2) is 10.9 Å². The summed E-state index contributed by atoms with van der Waals surface area (Å²) in [5.74, 6) is 0.768. The molecule has 0 spiro atoms. The molecule has 176 valence electrons. The van der Waals surface area contributed by atoms with Crippen molar-refractivity contribution in [2.75, 3.05) is 5.75 Å². The van der Waals surface area contributed by atoms with Gasteiger partial charge in [-0.1, -0.05) is 71.9 Å². The lowest BCUT2D eigenvalue weighted by Crippen LogP contribution is -2.19. The van der Waals surface area contributed by atoms with Gasteiger partial charge >= 0.3 is 5.69 Å². The first kappa shape index (κ1) is 23.1. The highest BCUT2D eigenvalue weighted by Crippen LogP contribution is 2.28. The van der Waals surface area contributed by atoms with Crippen molar-refractivity contribution in [2.45, 2.75) is 11.6 Å². The fraction of sp³-hybridized carbons (Fsp3) is 0.154.